The van der Waals surface area contributed by atoms with Crippen molar-refractivity contribution >= 4 is 58.9 Å². The van der Waals surface area contributed by atoms with Gasteiger partial charge in [0, 0.05) is 47.9 Å². The van der Waals surface area contributed by atoms with E-state index in [0.717, 1.165) is 50.7 Å². The number of rotatable bonds is 14. The van der Waals surface area contributed by atoms with E-state index < -0.39 is 20.2 Å². The summed E-state index contributed by atoms with van der Waals surface area (Å²) in [5.74, 6) is -0.611. The number of allylic oxidation sites excluding steroid dienone is 8. The molecule has 52 heavy (non-hydrogen) atoms. The molecule has 2 aliphatic rings. The van der Waals surface area contributed by atoms with Gasteiger partial charge in [-0.25, -0.2) is 8.42 Å². The summed E-state index contributed by atoms with van der Waals surface area (Å²) in [4.78, 5) is 2.26. The number of hydrogen-bond donors (Lipinski definition) is 1. The van der Waals surface area contributed by atoms with Crippen molar-refractivity contribution in [3.63, 3.8) is 0 Å². The van der Waals surface area contributed by atoms with Gasteiger partial charge in [0.25, 0.3) is 10.1 Å². The summed E-state index contributed by atoms with van der Waals surface area (Å²) in [5, 5.41) is 4.59. The Morgan fingerprint density at radius 3 is 2.15 bits per heavy atom. The Kier molecular flexibility index (Phi) is 12.8. The first-order valence-electron chi connectivity index (χ1n) is 17.4. The van der Waals surface area contributed by atoms with Gasteiger partial charge in [-0.15, -0.1) is 0 Å². The molecular formula is C41H44N2NaO6S2+. The summed E-state index contributed by atoms with van der Waals surface area (Å²) in [6.07, 6.45) is 16.9. The topological polar surface area (TPSA) is 118 Å². The first-order chi connectivity index (χ1) is 24.3. The first kappa shape index (κ1) is 39.8. The molecule has 6 rings (SSSR count). The first-order valence-corrected chi connectivity index (χ1v) is 20.6. The molecule has 11 heteroatoms. The average Bonchev–Trinajstić information content (AvgIpc) is 3.54. The summed E-state index contributed by atoms with van der Waals surface area (Å²) in [6.45, 7) is 5.66. The fourth-order valence-electron chi connectivity index (χ4n) is 7.39. The minimum atomic E-state index is -4.24. The molecule has 0 fully saturated rings. The van der Waals surface area contributed by atoms with Crippen molar-refractivity contribution in [3.8, 4) is 0 Å². The molecule has 0 saturated carbocycles. The van der Waals surface area contributed by atoms with Crippen LogP contribution in [-0.2, 0) is 32.1 Å². The van der Waals surface area contributed by atoms with Gasteiger partial charge in [-0.3, -0.25) is 4.55 Å². The summed E-state index contributed by atoms with van der Waals surface area (Å²) >= 11 is 0. The molecule has 0 unspecified atom stereocenters. The third kappa shape index (κ3) is 9.23. The number of unbranched alkanes of at least 4 members (excludes halogenated alkanes) is 2. The minimum Gasteiger partial charge on any atom is -0.748 e. The zero-order chi connectivity index (χ0) is 36.2. The number of fused-ring (bicyclic) bond motifs is 6. The van der Waals surface area contributed by atoms with Crippen LogP contribution in [0.3, 0.4) is 0 Å². The van der Waals surface area contributed by atoms with E-state index in [1.807, 2.05) is 54.6 Å². The molecule has 8 nitrogen and oxygen atoms in total. The van der Waals surface area contributed by atoms with Crippen molar-refractivity contribution in [1.82, 2.24) is 0 Å². The van der Waals surface area contributed by atoms with Gasteiger partial charge in [-0.1, -0.05) is 97.1 Å². The maximum atomic E-state index is 11.4. The standard InChI is InChI=1S/C41H44N2O6S2.Na/c1-41(2)37-25-24-32-17-9-11-20-36(32)40(37)43(27-13-15-29-51(47,48)49)38(41)21-7-5-3-4-6-18-34-30-33-23-22-31-16-8-10-19-35(31)39(33)42(34)26-12-14-28-50(44,45)46;/h3-11,16-25H,12-15,26-30H2,1-2H3,(H-,44,45,46,47,48,49);/q;+1. The van der Waals surface area contributed by atoms with Gasteiger partial charge in [-0.05, 0) is 61.6 Å². The molecule has 4 aromatic rings. The van der Waals surface area contributed by atoms with Gasteiger partial charge in [0.05, 0.1) is 32.4 Å². The molecule has 4 aromatic carbocycles. The van der Waals surface area contributed by atoms with Crippen LogP contribution in [0.15, 0.2) is 121 Å². The summed E-state index contributed by atoms with van der Waals surface area (Å²) in [5.41, 5.74) is 6.67. The Bertz CT molecular complexity index is 2340. The van der Waals surface area contributed by atoms with E-state index in [4.69, 9.17) is 0 Å². The van der Waals surface area contributed by atoms with Crippen LogP contribution in [0.2, 0.25) is 0 Å². The van der Waals surface area contributed by atoms with Crippen LogP contribution >= 0.6 is 0 Å². The molecule has 0 radical (unpaired) electrons. The SMILES string of the molecule is CC1(C)C(/C=C/C=C/C=C/C=C2\Cc3ccc4ccccc4c3N2CCCCS(=O)(=O)[O-])=[N+](CCCCS(=O)(=O)O)c2c1ccc1ccccc21.[Na+]. The molecule has 0 saturated heterocycles. The molecule has 0 atom stereocenters. The van der Waals surface area contributed by atoms with Crippen molar-refractivity contribution in [2.24, 2.45) is 0 Å². The molecule has 0 spiro atoms. The predicted octanol–water partition coefficient (Wildman–Crippen LogP) is 4.98. The summed E-state index contributed by atoms with van der Waals surface area (Å²) in [7, 11) is -8.25. The van der Waals surface area contributed by atoms with Crippen molar-refractivity contribution in [3.05, 3.63) is 132 Å². The zero-order valence-electron chi connectivity index (χ0n) is 30.0. The average molecular weight is 748 g/mol. The fraction of sp³-hybridized carbons (Fsp3) is 0.293. The summed E-state index contributed by atoms with van der Waals surface area (Å²) in [6, 6.07) is 25.2. The quantitative estimate of drug-likeness (QED) is 0.0636. The van der Waals surface area contributed by atoms with Gasteiger partial charge < -0.3 is 9.45 Å². The van der Waals surface area contributed by atoms with Gasteiger partial charge in [-0.2, -0.15) is 13.0 Å². The van der Waals surface area contributed by atoms with Crippen LogP contribution in [0.1, 0.15) is 50.7 Å². The van der Waals surface area contributed by atoms with Gasteiger partial charge in [0.15, 0.2) is 5.71 Å². The van der Waals surface area contributed by atoms with E-state index in [1.165, 1.54) is 11.1 Å². The summed E-state index contributed by atoms with van der Waals surface area (Å²) < 4.78 is 67.9. The Hall–Kier alpha value is -3.35. The Balaban J connectivity index is 0.00000523. The number of nitrogens with zero attached hydrogens (tertiary/aromatic N) is 2. The largest absolute Gasteiger partial charge is 1.00 e. The molecule has 266 valence electrons. The molecule has 1 N–H and O–H groups in total. The Labute approximate surface area is 329 Å². The van der Waals surface area contributed by atoms with E-state index in [1.54, 1.807) is 0 Å². The molecule has 2 heterocycles. The monoisotopic (exact) mass is 747 g/mol. The van der Waals surface area contributed by atoms with Crippen LogP contribution in [0.5, 0.6) is 0 Å². The van der Waals surface area contributed by atoms with E-state index in [2.05, 4.69) is 84.0 Å². The maximum Gasteiger partial charge on any atom is 1.00 e. The van der Waals surface area contributed by atoms with Gasteiger partial charge in [0.1, 0.15) is 6.54 Å². The van der Waals surface area contributed by atoms with Crippen LogP contribution in [0, 0.1) is 0 Å². The zero-order valence-corrected chi connectivity index (χ0v) is 33.7. The van der Waals surface area contributed by atoms with Crippen molar-refractivity contribution in [2.75, 3.05) is 29.5 Å². The second-order valence-electron chi connectivity index (χ2n) is 13.7. The molecular weight excluding hydrogens is 704 g/mol. The third-order valence-electron chi connectivity index (χ3n) is 9.79. The van der Waals surface area contributed by atoms with E-state index in [-0.39, 0.29) is 46.5 Å². The Morgan fingerprint density at radius 1 is 0.788 bits per heavy atom. The molecule has 0 amide bonds. The molecule has 0 aliphatic carbocycles. The van der Waals surface area contributed by atoms with Crippen molar-refractivity contribution < 1.29 is 60.1 Å². The van der Waals surface area contributed by atoms with Gasteiger partial charge in [0.2, 0.25) is 5.69 Å². The predicted molar refractivity (Wildman–Crippen MR) is 207 cm³/mol. The maximum absolute atomic E-state index is 11.4. The Morgan fingerprint density at radius 2 is 1.42 bits per heavy atom. The smallest absolute Gasteiger partial charge is 0.748 e. The molecule has 2 aliphatic heterocycles. The number of anilines is 1. The normalized spacial score (nSPS) is 16.6. The van der Waals surface area contributed by atoms with E-state index in [0.29, 0.717) is 38.8 Å². The molecule has 0 aromatic heterocycles. The number of hydrogen-bond acceptors (Lipinski definition) is 6. The minimum absolute atomic E-state index is 0. The second kappa shape index (κ2) is 16.8. The van der Waals surface area contributed by atoms with Crippen molar-refractivity contribution in [1.29, 1.82) is 0 Å². The van der Waals surface area contributed by atoms with E-state index >= 15 is 0 Å². The van der Waals surface area contributed by atoms with Crippen molar-refractivity contribution in [2.45, 2.75) is 51.4 Å². The van der Waals surface area contributed by atoms with Crippen LogP contribution in [-0.4, -0.2) is 60.8 Å². The third-order valence-corrected chi connectivity index (χ3v) is 11.4. The van der Waals surface area contributed by atoms with Crippen LogP contribution in [0.25, 0.3) is 21.5 Å². The van der Waals surface area contributed by atoms with Crippen LogP contribution in [0.4, 0.5) is 11.4 Å². The fourth-order valence-corrected chi connectivity index (χ4v) is 8.51. The molecule has 0 bridgehead atoms. The number of benzene rings is 4. The van der Waals surface area contributed by atoms with E-state index in [9.17, 15) is 25.9 Å². The van der Waals surface area contributed by atoms with Gasteiger partial charge >= 0.3 is 29.6 Å². The van der Waals surface area contributed by atoms with Crippen LogP contribution < -0.4 is 34.5 Å². The second-order valence-corrected chi connectivity index (χ2v) is 16.8.